The average molecular weight is 295 g/mol. The summed E-state index contributed by atoms with van der Waals surface area (Å²) in [6, 6.07) is 0. The topological polar surface area (TPSA) is 66.3 Å². The predicted octanol–water partition coefficient (Wildman–Crippen LogP) is 3.03. The molecule has 1 aromatic heterocycles. The number of nitrogens with zero attached hydrogens (tertiary/aromatic N) is 3. The molecule has 0 unspecified atom stereocenters. The number of carboxylic acid groups (broad SMARTS) is 1. The maximum atomic E-state index is 11.3. The normalized spacial score (nSPS) is 21.6. The van der Waals surface area contributed by atoms with Gasteiger partial charge in [0.25, 0.3) is 0 Å². The van der Waals surface area contributed by atoms with Crippen LogP contribution in [0.25, 0.3) is 0 Å². The molecule has 5 nitrogen and oxygen atoms in total. The summed E-state index contributed by atoms with van der Waals surface area (Å²) in [7, 11) is 1.99. The highest BCUT2D eigenvalue weighted by Crippen LogP contribution is 2.42. The minimum Gasteiger partial charge on any atom is -0.481 e. The number of anilines is 1. The molecule has 20 heavy (non-hydrogen) atoms. The molecular weight excluding hydrogens is 274 g/mol. The molecule has 2 fully saturated rings. The molecule has 0 spiro atoms. The van der Waals surface area contributed by atoms with E-state index in [9.17, 15) is 9.90 Å². The van der Waals surface area contributed by atoms with Crippen LogP contribution in [0.15, 0.2) is 0 Å². The summed E-state index contributed by atoms with van der Waals surface area (Å²) < 4.78 is 4.45. The van der Waals surface area contributed by atoms with E-state index in [1.165, 1.54) is 30.8 Å². The molecule has 0 amide bonds. The van der Waals surface area contributed by atoms with Crippen LogP contribution in [0, 0.1) is 0 Å². The van der Waals surface area contributed by atoms with Gasteiger partial charge in [-0.25, -0.2) is 4.98 Å². The van der Waals surface area contributed by atoms with Gasteiger partial charge in [0.2, 0.25) is 5.13 Å². The molecule has 6 heteroatoms. The molecule has 1 aromatic rings. The number of carbonyl (C=O) groups is 1. The van der Waals surface area contributed by atoms with Gasteiger partial charge in [-0.1, -0.05) is 19.3 Å². The van der Waals surface area contributed by atoms with Crippen molar-refractivity contribution in [2.45, 2.75) is 62.8 Å². The van der Waals surface area contributed by atoms with E-state index in [4.69, 9.17) is 0 Å². The summed E-state index contributed by atoms with van der Waals surface area (Å²) in [5, 5.41) is 10.2. The standard InChI is InChI=1S/C14H21N3O2S/c1-17(13-15-12(16-20-13)10-5-6-10)14(9-11(18)19)7-3-2-4-8-14/h10H,2-9H2,1H3,(H,18,19). The smallest absolute Gasteiger partial charge is 0.305 e. The van der Waals surface area contributed by atoms with E-state index < -0.39 is 5.97 Å². The maximum Gasteiger partial charge on any atom is 0.305 e. The van der Waals surface area contributed by atoms with Crippen molar-refractivity contribution in [3.05, 3.63) is 5.82 Å². The first-order valence-electron chi connectivity index (χ1n) is 7.40. The first-order chi connectivity index (χ1) is 9.61. The van der Waals surface area contributed by atoms with Gasteiger partial charge in [-0.3, -0.25) is 4.79 Å². The Bertz CT molecular complexity index is 492. The third-order valence-corrected chi connectivity index (χ3v) is 5.44. The molecule has 0 aromatic carbocycles. The van der Waals surface area contributed by atoms with Gasteiger partial charge in [-0.05, 0) is 25.7 Å². The van der Waals surface area contributed by atoms with Crippen molar-refractivity contribution in [2.24, 2.45) is 0 Å². The van der Waals surface area contributed by atoms with Crippen LogP contribution in [-0.4, -0.2) is 33.0 Å². The number of rotatable bonds is 5. The van der Waals surface area contributed by atoms with Crippen molar-refractivity contribution in [1.82, 2.24) is 9.36 Å². The molecule has 0 bridgehead atoms. The van der Waals surface area contributed by atoms with Crippen molar-refractivity contribution in [1.29, 1.82) is 0 Å². The van der Waals surface area contributed by atoms with Gasteiger partial charge >= 0.3 is 5.97 Å². The first-order valence-corrected chi connectivity index (χ1v) is 8.17. The molecule has 2 aliphatic rings. The molecule has 2 aliphatic carbocycles. The minimum absolute atomic E-state index is 0.196. The average Bonchev–Trinajstić information content (AvgIpc) is 3.16. The first kappa shape index (κ1) is 13.8. The summed E-state index contributed by atoms with van der Waals surface area (Å²) in [4.78, 5) is 18.0. The molecule has 3 rings (SSSR count). The van der Waals surface area contributed by atoms with Crippen LogP contribution in [0.3, 0.4) is 0 Å². The van der Waals surface area contributed by atoms with Gasteiger partial charge in [0.1, 0.15) is 5.82 Å². The van der Waals surface area contributed by atoms with Gasteiger partial charge in [0.05, 0.1) is 12.0 Å². The largest absolute Gasteiger partial charge is 0.481 e. The lowest BCUT2D eigenvalue weighted by atomic mass is 9.78. The lowest BCUT2D eigenvalue weighted by Crippen LogP contribution is -2.49. The molecule has 0 atom stereocenters. The van der Waals surface area contributed by atoms with Crippen molar-refractivity contribution >= 4 is 22.6 Å². The van der Waals surface area contributed by atoms with Crippen LogP contribution in [0.5, 0.6) is 0 Å². The Morgan fingerprint density at radius 2 is 2.10 bits per heavy atom. The number of aliphatic carboxylic acids is 1. The Morgan fingerprint density at radius 3 is 2.70 bits per heavy atom. The highest BCUT2D eigenvalue weighted by atomic mass is 32.1. The van der Waals surface area contributed by atoms with Crippen molar-refractivity contribution < 1.29 is 9.90 Å². The molecule has 110 valence electrons. The van der Waals surface area contributed by atoms with Gasteiger partial charge < -0.3 is 10.0 Å². The fourth-order valence-electron chi connectivity index (χ4n) is 3.20. The molecule has 0 radical (unpaired) electrons. The van der Waals surface area contributed by atoms with Crippen LogP contribution in [0.2, 0.25) is 0 Å². The summed E-state index contributed by atoms with van der Waals surface area (Å²) >= 11 is 1.42. The van der Waals surface area contributed by atoms with Crippen LogP contribution in [0.1, 0.15) is 63.1 Å². The van der Waals surface area contributed by atoms with E-state index in [0.29, 0.717) is 5.92 Å². The second kappa shape index (κ2) is 5.31. The molecule has 1 N–H and O–H groups in total. The minimum atomic E-state index is -0.717. The highest BCUT2D eigenvalue weighted by Gasteiger charge is 2.40. The Balaban J connectivity index is 1.82. The fraction of sp³-hybridized carbons (Fsp3) is 0.786. The van der Waals surface area contributed by atoms with Crippen LogP contribution in [0.4, 0.5) is 5.13 Å². The van der Waals surface area contributed by atoms with E-state index in [2.05, 4.69) is 14.3 Å². The quantitative estimate of drug-likeness (QED) is 0.904. The van der Waals surface area contributed by atoms with Crippen molar-refractivity contribution in [2.75, 3.05) is 11.9 Å². The van der Waals surface area contributed by atoms with E-state index in [1.807, 2.05) is 7.05 Å². The zero-order valence-corrected chi connectivity index (χ0v) is 12.7. The van der Waals surface area contributed by atoms with Gasteiger partial charge in [-0.2, -0.15) is 4.37 Å². The third-order valence-electron chi connectivity index (χ3n) is 4.64. The van der Waals surface area contributed by atoms with E-state index in [1.54, 1.807) is 0 Å². The third kappa shape index (κ3) is 2.66. The molecule has 0 saturated heterocycles. The summed E-state index contributed by atoms with van der Waals surface area (Å²) in [5.41, 5.74) is -0.273. The van der Waals surface area contributed by atoms with E-state index in [-0.39, 0.29) is 12.0 Å². The van der Waals surface area contributed by atoms with Crippen LogP contribution >= 0.6 is 11.5 Å². The SMILES string of the molecule is CN(c1nc(C2CC2)ns1)C1(CC(=O)O)CCCCC1. The van der Waals surface area contributed by atoms with Crippen LogP contribution in [-0.2, 0) is 4.79 Å². The number of hydrogen-bond acceptors (Lipinski definition) is 5. The summed E-state index contributed by atoms with van der Waals surface area (Å²) in [5.74, 6) is 0.791. The Hall–Kier alpha value is -1.17. The second-order valence-electron chi connectivity index (χ2n) is 6.12. The highest BCUT2D eigenvalue weighted by molar-refractivity contribution is 7.09. The van der Waals surface area contributed by atoms with E-state index in [0.717, 1.165) is 36.6 Å². The molecule has 0 aliphatic heterocycles. The van der Waals surface area contributed by atoms with Crippen LogP contribution < -0.4 is 4.90 Å². The lowest BCUT2D eigenvalue weighted by molar-refractivity contribution is -0.138. The Labute approximate surface area is 123 Å². The second-order valence-corrected chi connectivity index (χ2v) is 6.85. The summed E-state index contributed by atoms with van der Waals surface area (Å²) in [6.07, 6.45) is 7.88. The van der Waals surface area contributed by atoms with Gasteiger partial charge in [-0.15, -0.1) is 0 Å². The number of hydrogen-bond donors (Lipinski definition) is 1. The maximum absolute atomic E-state index is 11.3. The van der Waals surface area contributed by atoms with E-state index >= 15 is 0 Å². The Morgan fingerprint density at radius 1 is 1.40 bits per heavy atom. The zero-order valence-electron chi connectivity index (χ0n) is 11.8. The summed E-state index contributed by atoms with van der Waals surface area (Å²) in [6.45, 7) is 0. The lowest BCUT2D eigenvalue weighted by Gasteiger charge is -2.43. The van der Waals surface area contributed by atoms with Gasteiger partial charge in [0.15, 0.2) is 0 Å². The van der Waals surface area contributed by atoms with Gasteiger partial charge in [0, 0.05) is 24.5 Å². The number of aromatic nitrogens is 2. The molecular formula is C14H21N3O2S. The molecule has 2 saturated carbocycles. The fourth-order valence-corrected chi connectivity index (χ4v) is 4.01. The zero-order chi connectivity index (χ0) is 14.2. The van der Waals surface area contributed by atoms with Crippen molar-refractivity contribution in [3.63, 3.8) is 0 Å². The predicted molar refractivity (Wildman–Crippen MR) is 78.4 cm³/mol. The monoisotopic (exact) mass is 295 g/mol. The molecule has 1 heterocycles. The van der Waals surface area contributed by atoms with Crippen molar-refractivity contribution in [3.8, 4) is 0 Å². The Kier molecular flexibility index (Phi) is 3.67. The number of carboxylic acids is 1.